The van der Waals surface area contributed by atoms with E-state index < -0.39 is 0 Å². The van der Waals surface area contributed by atoms with Crippen LogP contribution in [0.1, 0.15) is 0 Å². The molecule has 0 spiro atoms. The van der Waals surface area contributed by atoms with Crippen LogP contribution in [0.5, 0.6) is 0 Å². The largest absolute Gasteiger partial charge is 4.00 e. The molecule has 0 aliphatic carbocycles. The Labute approximate surface area is 161 Å². The molecule has 0 amide bonds. The normalized spacial score (nSPS) is 0.778. The van der Waals surface area contributed by atoms with E-state index in [1.165, 1.54) is 0 Å². The molecule has 0 aromatic carbocycles. The zero-order valence-corrected chi connectivity index (χ0v) is 14.5. The predicted octanol–water partition coefficient (Wildman–Crippen LogP) is -7.66. The monoisotopic (exact) mass is 316 g/mol. The second kappa shape index (κ2) is 13000. The molecule has 0 saturated heterocycles. The molecule has 0 radical (unpaired) electrons. The van der Waals surface area contributed by atoms with Gasteiger partial charge in [0.15, 0.2) is 0 Å². The van der Waals surface area contributed by atoms with Gasteiger partial charge in [-0.3, -0.25) is 0 Å². The molecular formula is C5H6FeN6Na2O4. The van der Waals surface area contributed by atoms with E-state index in [1.807, 2.05) is 0 Å². The van der Waals surface area contributed by atoms with Crippen molar-refractivity contribution >= 4 is 0 Å². The van der Waals surface area contributed by atoms with Gasteiger partial charge in [0, 0.05) is 0 Å². The van der Waals surface area contributed by atoms with E-state index in [0.29, 0.717) is 0 Å². The maximum absolute atomic E-state index is 7.25. The van der Waals surface area contributed by atoms with E-state index in [9.17, 15) is 0 Å². The number of rotatable bonds is 0. The molecular weight excluding hydrogens is 310 g/mol. The third-order valence-electron chi connectivity index (χ3n) is 0. The molecule has 0 fully saturated rings. The van der Waals surface area contributed by atoms with Crippen LogP contribution < -0.4 is 59.1 Å². The van der Waals surface area contributed by atoms with Gasteiger partial charge < -0.3 is 86.1 Å². The minimum atomic E-state index is 0. The molecule has 0 aliphatic heterocycles. The van der Waals surface area contributed by atoms with E-state index in [4.69, 9.17) is 69.7 Å². The van der Waals surface area contributed by atoms with Crippen LogP contribution in [0.15, 0.2) is 0 Å². The molecule has 0 unspecified atom stereocenters. The number of nitrogens with zero attached hydrogens (tertiary/aromatic N) is 6. The van der Waals surface area contributed by atoms with Gasteiger partial charge in [-0.1, -0.05) is 0 Å². The zero-order valence-electron chi connectivity index (χ0n) is 9.45. The Balaban J connectivity index is -0.00000000225. The van der Waals surface area contributed by atoms with Gasteiger partial charge in [-0.05, 0) is 0 Å². The fraction of sp³-hybridized carbons (Fsp3) is 0. The second-order valence-corrected chi connectivity index (χ2v) is 0. The molecule has 0 aromatic rings. The van der Waals surface area contributed by atoms with E-state index in [1.54, 1.807) is 0 Å². The number of hydrogen-bond acceptors (Lipinski definition) is 6. The van der Waals surface area contributed by atoms with Crippen LogP contribution in [0.2, 0.25) is 0 Å². The summed E-state index contributed by atoms with van der Waals surface area (Å²) in [4.78, 5) is 7.25. The first-order valence-corrected chi connectivity index (χ1v) is 1.30. The van der Waals surface area contributed by atoms with Gasteiger partial charge in [0.2, 0.25) is 0 Å². The third-order valence-corrected chi connectivity index (χ3v) is 0. The summed E-state index contributed by atoms with van der Waals surface area (Å²) in [6.45, 7) is 23.8. The Morgan fingerprint density at radius 3 is 0.500 bits per heavy atom. The molecule has 0 saturated carbocycles. The van der Waals surface area contributed by atoms with Gasteiger partial charge in [0.25, 0.3) is 0 Å². The van der Waals surface area contributed by atoms with Crippen molar-refractivity contribution in [2.45, 2.75) is 0 Å². The standard InChI is InChI=1S/5CN.Fe.NO.2Na.3H2O/c5*1-2;;1-2;;;;;/h;;;;;;;;;3*1H2/q5*-1;+4;-1;2*+1;;;. The minimum Gasteiger partial charge on any atom is -0.577 e. The zero-order chi connectivity index (χ0) is 12.0. The van der Waals surface area contributed by atoms with Crippen LogP contribution in [-0.2, 0) is 17.1 Å². The Morgan fingerprint density at radius 2 is 0.500 bits per heavy atom. The van der Waals surface area contributed by atoms with Crippen molar-refractivity contribution in [3.8, 4) is 0 Å². The van der Waals surface area contributed by atoms with Crippen molar-refractivity contribution in [1.82, 2.24) is 0 Å². The second-order valence-electron chi connectivity index (χ2n) is 0. The van der Waals surface area contributed by atoms with Crippen LogP contribution in [0.4, 0.5) is 0 Å². The van der Waals surface area contributed by atoms with Crippen molar-refractivity contribution in [1.29, 1.82) is 26.3 Å². The summed E-state index contributed by atoms with van der Waals surface area (Å²) < 4.78 is 0. The summed E-state index contributed by atoms with van der Waals surface area (Å²) in [5, 5.41) is 31.2. The molecule has 10 nitrogen and oxygen atoms in total. The van der Waals surface area contributed by atoms with Gasteiger partial charge in [-0.2, -0.15) is 0 Å². The summed E-state index contributed by atoms with van der Waals surface area (Å²) in [5.74, 6) is 0. The van der Waals surface area contributed by atoms with E-state index in [-0.39, 0.29) is 92.6 Å². The maximum Gasteiger partial charge on any atom is 4.00 e. The molecule has 0 bridgehead atoms. The Hall–Kier alpha value is -0.551. The van der Waals surface area contributed by atoms with Gasteiger partial charge >= 0.3 is 76.2 Å². The van der Waals surface area contributed by atoms with Crippen LogP contribution in [-0.4, -0.2) is 16.4 Å². The first kappa shape index (κ1) is 159. The van der Waals surface area contributed by atoms with Gasteiger partial charge in [0.1, 0.15) is 0 Å². The SMILES string of the molecule is O.O.O.[C-]#N.[C-]#N.[C-]#N.[C-]#N.[C-]#N.[Fe+4].[N-]=O.[Na+].[Na+]. The number of hydrogen-bond donors (Lipinski definition) is 0. The van der Waals surface area contributed by atoms with Crippen molar-refractivity contribution in [2.24, 2.45) is 0 Å². The van der Waals surface area contributed by atoms with E-state index >= 15 is 0 Å². The van der Waals surface area contributed by atoms with Gasteiger partial charge in [-0.25, -0.2) is 0 Å². The maximum atomic E-state index is 7.25. The van der Waals surface area contributed by atoms with E-state index in [2.05, 4.69) is 0 Å². The average Bonchev–Trinajstić information content (AvgIpc) is 2.33. The van der Waals surface area contributed by atoms with Gasteiger partial charge in [0.05, 0.1) is 0 Å². The first-order valence-electron chi connectivity index (χ1n) is 1.30. The summed E-state index contributed by atoms with van der Waals surface area (Å²) in [5.41, 5.74) is 5.75. The first-order chi connectivity index (χ1) is 6.00. The summed E-state index contributed by atoms with van der Waals surface area (Å²) in [6.07, 6.45) is 0. The topological polar surface area (TPSA) is 253 Å². The summed E-state index contributed by atoms with van der Waals surface area (Å²) in [6, 6.07) is 0. The molecule has 0 aromatic heterocycles. The molecule has 90 valence electrons. The smallest absolute Gasteiger partial charge is 0.577 e. The van der Waals surface area contributed by atoms with E-state index in [0.717, 1.165) is 0 Å². The minimum absolute atomic E-state index is 0. The van der Waals surface area contributed by atoms with Crippen molar-refractivity contribution in [3.63, 3.8) is 0 Å². The fourth-order valence-corrected chi connectivity index (χ4v) is 0. The van der Waals surface area contributed by atoms with Crippen molar-refractivity contribution in [2.75, 3.05) is 0 Å². The molecule has 0 heterocycles. The van der Waals surface area contributed by atoms with Crippen LogP contribution >= 0.6 is 0 Å². The number of nitroso groups, excluding NO2 is 1. The van der Waals surface area contributed by atoms with Crippen LogP contribution in [0.3, 0.4) is 0 Å². The molecule has 0 atom stereocenters. The molecule has 0 aliphatic rings. The Bertz CT molecular complexity index is 107. The van der Waals surface area contributed by atoms with Crippen molar-refractivity contribution in [3.05, 3.63) is 43.4 Å². The third kappa shape index (κ3) is 10600. The summed E-state index contributed by atoms with van der Waals surface area (Å²) in [7, 11) is 0. The molecule has 6 N–H and O–H groups in total. The fourth-order valence-electron chi connectivity index (χ4n) is 0. The van der Waals surface area contributed by atoms with Crippen LogP contribution in [0.25, 0.3) is 5.59 Å². The Kier molecular flexibility index (Phi) is 114000. The molecule has 18 heavy (non-hydrogen) atoms. The summed E-state index contributed by atoms with van der Waals surface area (Å²) >= 11 is 0. The van der Waals surface area contributed by atoms with Gasteiger partial charge in [-0.15, -0.1) is 0 Å². The average molecular weight is 316 g/mol. The Morgan fingerprint density at radius 1 is 0.500 bits per heavy atom. The predicted molar refractivity (Wildman–Crippen MR) is 42.4 cm³/mol. The quantitative estimate of drug-likeness (QED) is 0.309. The van der Waals surface area contributed by atoms with Crippen LogP contribution in [0, 0.1) is 64.1 Å². The molecule has 13 heteroatoms. The molecule has 0 rings (SSSR count). The van der Waals surface area contributed by atoms with Crippen molar-refractivity contribution < 1.29 is 92.6 Å².